The lowest BCUT2D eigenvalue weighted by Crippen LogP contribution is -2.18. The maximum atomic E-state index is 6.25. The van der Waals surface area contributed by atoms with E-state index < -0.39 is 0 Å². The van der Waals surface area contributed by atoms with Gasteiger partial charge in [0.25, 0.3) is 0 Å². The van der Waals surface area contributed by atoms with E-state index in [2.05, 4.69) is 40.2 Å². The Morgan fingerprint density at radius 1 is 1.24 bits per heavy atom. The summed E-state index contributed by atoms with van der Waals surface area (Å²) in [6.07, 6.45) is 4.73. The molecule has 0 spiro atoms. The lowest BCUT2D eigenvalue weighted by molar-refractivity contribution is 0.315. The Balaban J connectivity index is 2.00. The normalized spacial score (nSPS) is 10.9. The number of halogens is 1. The third-order valence-electron chi connectivity index (χ3n) is 3.07. The second-order valence-electron chi connectivity index (χ2n) is 5.09. The topological polar surface area (TPSA) is 41.0 Å². The minimum absolute atomic E-state index is 0.704. The molecule has 0 aliphatic carbocycles. The van der Waals surface area contributed by atoms with E-state index in [0.717, 1.165) is 31.0 Å². The average molecular weight is 305 g/mol. The van der Waals surface area contributed by atoms with Crippen molar-refractivity contribution in [1.29, 1.82) is 0 Å². The summed E-state index contributed by atoms with van der Waals surface area (Å²) in [5, 5.41) is 3.99. The fourth-order valence-electron chi connectivity index (χ4n) is 2.06. The van der Waals surface area contributed by atoms with Gasteiger partial charge in [0.2, 0.25) is 0 Å². The average Bonchev–Trinajstić information content (AvgIpc) is 2.49. The zero-order chi connectivity index (χ0) is 15.1. The quantitative estimate of drug-likeness (QED) is 0.849. The maximum Gasteiger partial charge on any atom is 0.126 e. The van der Waals surface area contributed by atoms with E-state index in [-0.39, 0.29) is 0 Å². The molecule has 0 saturated heterocycles. The molecule has 2 rings (SSSR count). The highest BCUT2D eigenvalue weighted by Gasteiger charge is 2.08. The number of anilines is 1. The first-order valence-electron chi connectivity index (χ1n) is 7.15. The summed E-state index contributed by atoms with van der Waals surface area (Å²) in [6.45, 7) is 4.57. The Morgan fingerprint density at radius 2 is 2.10 bits per heavy atom. The van der Waals surface area contributed by atoms with Gasteiger partial charge in [-0.15, -0.1) is 0 Å². The van der Waals surface area contributed by atoms with Gasteiger partial charge < -0.3 is 5.32 Å². The number of hydrogen-bond acceptors (Lipinski definition) is 4. The first-order chi connectivity index (χ1) is 10.2. The van der Waals surface area contributed by atoms with Gasteiger partial charge in [0, 0.05) is 32.0 Å². The van der Waals surface area contributed by atoms with Crippen molar-refractivity contribution in [2.24, 2.45) is 0 Å². The van der Waals surface area contributed by atoms with Crippen LogP contribution < -0.4 is 5.32 Å². The first kappa shape index (κ1) is 15.7. The number of hydrogen-bond donors (Lipinski definition) is 1. The van der Waals surface area contributed by atoms with Gasteiger partial charge in [-0.3, -0.25) is 9.88 Å². The second kappa shape index (κ2) is 7.96. The van der Waals surface area contributed by atoms with E-state index in [4.69, 9.17) is 11.6 Å². The minimum atomic E-state index is 0.704. The third-order valence-corrected chi connectivity index (χ3v) is 3.41. The largest absolute Gasteiger partial charge is 0.370 e. The van der Waals surface area contributed by atoms with E-state index in [0.29, 0.717) is 11.6 Å². The summed E-state index contributed by atoms with van der Waals surface area (Å²) >= 11 is 6.25. The molecule has 0 bridgehead atoms. The second-order valence-corrected chi connectivity index (χ2v) is 5.49. The summed E-state index contributed by atoms with van der Waals surface area (Å²) in [6, 6.07) is 7.84. The van der Waals surface area contributed by atoms with Crippen LogP contribution in [0, 0.1) is 0 Å². The summed E-state index contributed by atoms with van der Waals surface area (Å²) in [4.78, 5) is 10.9. The molecule has 0 radical (unpaired) electrons. The highest BCUT2D eigenvalue weighted by Crippen LogP contribution is 2.18. The van der Waals surface area contributed by atoms with E-state index in [9.17, 15) is 0 Å². The summed E-state index contributed by atoms with van der Waals surface area (Å²) in [5.41, 5.74) is 2.07. The molecular formula is C16H21ClN4. The SMILES string of the molecule is CCCNc1ccc(Cl)c(CN(C)Cc2cccnc2)n1. The monoisotopic (exact) mass is 304 g/mol. The molecule has 1 N–H and O–H groups in total. The molecule has 4 nitrogen and oxygen atoms in total. The summed E-state index contributed by atoms with van der Waals surface area (Å²) in [5.74, 6) is 0.881. The van der Waals surface area contributed by atoms with E-state index >= 15 is 0 Å². The van der Waals surface area contributed by atoms with Gasteiger partial charge in [-0.2, -0.15) is 0 Å². The smallest absolute Gasteiger partial charge is 0.126 e. The lowest BCUT2D eigenvalue weighted by atomic mass is 10.2. The molecule has 0 atom stereocenters. The van der Waals surface area contributed by atoms with Crippen LogP contribution in [-0.2, 0) is 13.1 Å². The Morgan fingerprint density at radius 3 is 2.81 bits per heavy atom. The number of nitrogens with one attached hydrogen (secondary N) is 1. The van der Waals surface area contributed by atoms with E-state index in [1.54, 1.807) is 6.20 Å². The zero-order valence-electron chi connectivity index (χ0n) is 12.5. The molecule has 112 valence electrons. The predicted octanol–water partition coefficient (Wildman–Crippen LogP) is 3.58. The van der Waals surface area contributed by atoms with Crippen LogP contribution in [0.5, 0.6) is 0 Å². The van der Waals surface area contributed by atoms with Gasteiger partial charge in [0.15, 0.2) is 0 Å². The fourth-order valence-corrected chi connectivity index (χ4v) is 2.23. The van der Waals surface area contributed by atoms with Crippen molar-refractivity contribution in [3.05, 3.63) is 52.9 Å². The van der Waals surface area contributed by atoms with Crippen molar-refractivity contribution in [3.63, 3.8) is 0 Å². The molecule has 0 aliphatic rings. The van der Waals surface area contributed by atoms with Gasteiger partial charge in [0.05, 0.1) is 10.7 Å². The van der Waals surface area contributed by atoms with Crippen LogP contribution in [0.4, 0.5) is 5.82 Å². The van der Waals surface area contributed by atoms with Crippen molar-refractivity contribution >= 4 is 17.4 Å². The third kappa shape index (κ3) is 4.99. The highest BCUT2D eigenvalue weighted by molar-refractivity contribution is 6.31. The number of pyridine rings is 2. The van der Waals surface area contributed by atoms with Gasteiger partial charge in [-0.1, -0.05) is 24.6 Å². The minimum Gasteiger partial charge on any atom is -0.370 e. The Bertz CT molecular complexity index is 559. The molecule has 21 heavy (non-hydrogen) atoms. The van der Waals surface area contributed by atoms with Crippen molar-refractivity contribution in [2.45, 2.75) is 26.4 Å². The lowest BCUT2D eigenvalue weighted by Gasteiger charge is -2.17. The number of aromatic nitrogens is 2. The maximum absolute atomic E-state index is 6.25. The van der Waals surface area contributed by atoms with Crippen molar-refractivity contribution in [3.8, 4) is 0 Å². The number of rotatable bonds is 7. The molecule has 0 fully saturated rings. The molecular weight excluding hydrogens is 284 g/mol. The fraction of sp³-hybridized carbons (Fsp3) is 0.375. The van der Waals surface area contributed by atoms with Crippen LogP contribution in [0.1, 0.15) is 24.6 Å². The van der Waals surface area contributed by atoms with Crippen molar-refractivity contribution in [1.82, 2.24) is 14.9 Å². The van der Waals surface area contributed by atoms with Crippen LogP contribution in [-0.4, -0.2) is 28.5 Å². The van der Waals surface area contributed by atoms with Gasteiger partial charge in [-0.25, -0.2) is 4.98 Å². The van der Waals surface area contributed by atoms with E-state index in [1.807, 2.05) is 24.4 Å². The zero-order valence-corrected chi connectivity index (χ0v) is 13.3. The molecule has 5 heteroatoms. The van der Waals surface area contributed by atoms with Crippen molar-refractivity contribution in [2.75, 3.05) is 18.9 Å². The molecule has 0 amide bonds. The molecule has 0 aromatic carbocycles. The molecule has 2 heterocycles. The van der Waals surface area contributed by atoms with Crippen LogP contribution >= 0.6 is 11.6 Å². The van der Waals surface area contributed by atoms with Crippen LogP contribution in [0.3, 0.4) is 0 Å². The summed E-state index contributed by atoms with van der Waals surface area (Å²) < 4.78 is 0. The van der Waals surface area contributed by atoms with Gasteiger partial charge in [-0.05, 0) is 37.2 Å². The molecule has 0 saturated carbocycles. The molecule has 2 aromatic heterocycles. The number of nitrogens with zero attached hydrogens (tertiary/aromatic N) is 3. The highest BCUT2D eigenvalue weighted by atomic mass is 35.5. The Kier molecular flexibility index (Phi) is 5.96. The van der Waals surface area contributed by atoms with E-state index in [1.165, 1.54) is 5.56 Å². The van der Waals surface area contributed by atoms with Gasteiger partial charge >= 0.3 is 0 Å². The van der Waals surface area contributed by atoms with Crippen LogP contribution in [0.2, 0.25) is 5.02 Å². The Hall–Kier alpha value is -1.65. The molecule has 0 unspecified atom stereocenters. The van der Waals surface area contributed by atoms with Crippen molar-refractivity contribution < 1.29 is 0 Å². The van der Waals surface area contributed by atoms with Gasteiger partial charge in [0.1, 0.15) is 5.82 Å². The first-order valence-corrected chi connectivity index (χ1v) is 7.53. The molecule has 2 aromatic rings. The standard InChI is InChI=1S/C16H21ClN4/c1-3-8-19-16-7-6-14(17)15(20-16)12-21(2)11-13-5-4-9-18-10-13/h4-7,9-10H,3,8,11-12H2,1-2H3,(H,19,20). The predicted molar refractivity (Wildman–Crippen MR) is 87.4 cm³/mol. The summed E-state index contributed by atoms with van der Waals surface area (Å²) in [7, 11) is 2.05. The molecule has 0 aliphatic heterocycles. The van der Waals surface area contributed by atoms with Crippen LogP contribution in [0.25, 0.3) is 0 Å². The Labute approximate surface area is 131 Å². The van der Waals surface area contributed by atoms with Crippen LogP contribution in [0.15, 0.2) is 36.7 Å².